The maximum absolute atomic E-state index is 10.4. The van der Waals surface area contributed by atoms with Crippen molar-refractivity contribution in [2.75, 3.05) is 7.11 Å². The van der Waals surface area contributed by atoms with E-state index in [2.05, 4.69) is 14.7 Å². The predicted molar refractivity (Wildman–Crippen MR) is 39.4 cm³/mol. The first-order chi connectivity index (χ1) is 5.33. The molecule has 4 nitrogen and oxygen atoms in total. The molecule has 0 bridgehead atoms. The fourth-order valence-corrected chi connectivity index (χ4v) is 1.01. The van der Waals surface area contributed by atoms with Crippen LogP contribution in [0.15, 0.2) is 5.16 Å². The van der Waals surface area contributed by atoms with E-state index in [0.29, 0.717) is 0 Å². The summed E-state index contributed by atoms with van der Waals surface area (Å²) in [4.78, 5) is 14.8. The molecule has 1 aliphatic rings. The summed E-state index contributed by atoms with van der Waals surface area (Å²) in [6.45, 7) is 0. The fourth-order valence-electron chi connectivity index (χ4n) is 1.01. The van der Waals surface area contributed by atoms with Crippen LogP contribution in [0.5, 0.6) is 0 Å². The van der Waals surface area contributed by atoms with Crippen LogP contribution in [-0.4, -0.2) is 19.0 Å². The summed E-state index contributed by atoms with van der Waals surface area (Å²) in [5.41, 5.74) is 0.954. The van der Waals surface area contributed by atoms with E-state index < -0.39 is 6.16 Å². The lowest BCUT2D eigenvalue weighted by molar-refractivity contribution is 0.0751. The molecule has 0 aliphatic heterocycles. The zero-order valence-electron chi connectivity index (χ0n) is 6.50. The fraction of sp³-hybridized carbons (Fsp3) is 0.714. The SMILES string of the molecule is COC(=O)ON=C1CCCC1. The molecular weight excluding hydrogens is 146 g/mol. The minimum absolute atomic E-state index is 0.746. The van der Waals surface area contributed by atoms with Gasteiger partial charge in [-0.3, -0.25) is 4.84 Å². The van der Waals surface area contributed by atoms with E-state index in [9.17, 15) is 4.79 Å². The molecular formula is C7H11NO3. The molecule has 0 spiro atoms. The van der Waals surface area contributed by atoms with Crippen LogP contribution in [0.2, 0.25) is 0 Å². The summed E-state index contributed by atoms with van der Waals surface area (Å²) in [6, 6.07) is 0. The largest absolute Gasteiger partial charge is 0.534 e. The van der Waals surface area contributed by atoms with Crippen molar-refractivity contribution in [1.29, 1.82) is 0 Å². The Morgan fingerprint density at radius 2 is 2.09 bits per heavy atom. The second kappa shape index (κ2) is 3.95. The Bertz CT molecular complexity index is 169. The van der Waals surface area contributed by atoms with Gasteiger partial charge in [-0.1, -0.05) is 5.16 Å². The number of carbonyl (C=O) groups is 1. The highest BCUT2D eigenvalue weighted by atomic mass is 16.8. The first kappa shape index (κ1) is 8.04. The molecule has 1 saturated carbocycles. The summed E-state index contributed by atoms with van der Waals surface area (Å²) in [5.74, 6) is 0. The first-order valence-electron chi connectivity index (χ1n) is 3.63. The number of nitrogens with zero attached hydrogens (tertiary/aromatic N) is 1. The smallest absolute Gasteiger partial charge is 0.436 e. The van der Waals surface area contributed by atoms with Gasteiger partial charge in [-0.15, -0.1) is 0 Å². The Morgan fingerprint density at radius 3 is 2.64 bits per heavy atom. The molecule has 4 heteroatoms. The molecule has 1 rings (SSSR count). The van der Waals surface area contributed by atoms with E-state index in [4.69, 9.17) is 0 Å². The van der Waals surface area contributed by atoms with Gasteiger partial charge < -0.3 is 4.74 Å². The van der Waals surface area contributed by atoms with Crippen molar-refractivity contribution in [3.63, 3.8) is 0 Å². The van der Waals surface area contributed by atoms with E-state index in [1.807, 2.05) is 0 Å². The van der Waals surface area contributed by atoms with Crippen molar-refractivity contribution in [1.82, 2.24) is 0 Å². The van der Waals surface area contributed by atoms with Crippen LogP contribution in [0.25, 0.3) is 0 Å². The summed E-state index contributed by atoms with van der Waals surface area (Å²) >= 11 is 0. The number of carbonyl (C=O) groups excluding carboxylic acids is 1. The van der Waals surface area contributed by atoms with Gasteiger partial charge in [0.05, 0.1) is 12.8 Å². The van der Waals surface area contributed by atoms with E-state index in [-0.39, 0.29) is 0 Å². The van der Waals surface area contributed by atoms with E-state index in [1.165, 1.54) is 7.11 Å². The van der Waals surface area contributed by atoms with Crippen LogP contribution in [0, 0.1) is 0 Å². The molecule has 0 N–H and O–H groups in total. The third kappa shape index (κ3) is 2.57. The zero-order chi connectivity index (χ0) is 8.10. The standard InChI is InChI=1S/C7H11NO3/c1-10-7(9)11-8-6-4-2-3-5-6/h2-5H2,1H3. The molecule has 1 fully saturated rings. The molecule has 0 aromatic rings. The van der Waals surface area contributed by atoms with Crippen LogP contribution in [0.1, 0.15) is 25.7 Å². The minimum Gasteiger partial charge on any atom is -0.436 e. The molecule has 0 aromatic heterocycles. The van der Waals surface area contributed by atoms with E-state index >= 15 is 0 Å². The van der Waals surface area contributed by atoms with Crippen molar-refractivity contribution in [3.05, 3.63) is 0 Å². The number of ether oxygens (including phenoxy) is 1. The lowest BCUT2D eigenvalue weighted by Gasteiger charge is -1.94. The van der Waals surface area contributed by atoms with Gasteiger partial charge in [-0.2, -0.15) is 0 Å². The summed E-state index contributed by atoms with van der Waals surface area (Å²) < 4.78 is 4.24. The first-order valence-corrected chi connectivity index (χ1v) is 3.63. The molecule has 0 aromatic carbocycles. The Balaban J connectivity index is 2.28. The van der Waals surface area contributed by atoms with Crippen molar-refractivity contribution in [3.8, 4) is 0 Å². The van der Waals surface area contributed by atoms with Crippen LogP contribution in [-0.2, 0) is 9.57 Å². The van der Waals surface area contributed by atoms with Gasteiger partial charge in [0.1, 0.15) is 0 Å². The minimum atomic E-state index is -0.746. The second-order valence-electron chi connectivity index (χ2n) is 2.41. The van der Waals surface area contributed by atoms with Crippen LogP contribution in [0.3, 0.4) is 0 Å². The predicted octanol–water partition coefficient (Wildman–Crippen LogP) is 1.70. The van der Waals surface area contributed by atoms with Crippen molar-refractivity contribution in [2.45, 2.75) is 25.7 Å². The van der Waals surface area contributed by atoms with Gasteiger partial charge in [0.15, 0.2) is 0 Å². The number of hydrogen-bond donors (Lipinski definition) is 0. The average molecular weight is 157 g/mol. The highest BCUT2D eigenvalue weighted by Crippen LogP contribution is 2.14. The van der Waals surface area contributed by atoms with Crippen LogP contribution < -0.4 is 0 Å². The summed E-state index contributed by atoms with van der Waals surface area (Å²) in [5, 5.41) is 3.64. The number of methoxy groups -OCH3 is 1. The molecule has 0 radical (unpaired) electrons. The lowest BCUT2D eigenvalue weighted by atomic mass is 10.3. The van der Waals surface area contributed by atoms with Crippen molar-refractivity contribution < 1.29 is 14.4 Å². The second-order valence-corrected chi connectivity index (χ2v) is 2.41. The Hall–Kier alpha value is -1.06. The molecule has 0 unspecified atom stereocenters. The van der Waals surface area contributed by atoms with Gasteiger partial charge >= 0.3 is 6.16 Å². The van der Waals surface area contributed by atoms with Crippen LogP contribution >= 0.6 is 0 Å². The van der Waals surface area contributed by atoms with Crippen LogP contribution in [0.4, 0.5) is 4.79 Å². The summed E-state index contributed by atoms with van der Waals surface area (Å²) in [6.07, 6.45) is 3.42. The van der Waals surface area contributed by atoms with E-state index in [1.54, 1.807) is 0 Å². The maximum atomic E-state index is 10.4. The van der Waals surface area contributed by atoms with E-state index in [0.717, 1.165) is 31.4 Å². The van der Waals surface area contributed by atoms with Crippen molar-refractivity contribution >= 4 is 11.9 Å². The molecule has 1 aliphatic carbocycles. The molecule has 0 saturated heterocycles. The normalized spacial score (nSPS) is 16.3. The molecule has 0 amide bonds. The third-order valence-electron chi connectivity index (χ3n) is 1.60. The number of hydrogen-bond acceptors (Lipinski definition) is 4. The molecule has 11 heavy (non-hydrogen) atoms. The molecule has 62 valence electrons. The van der Waals surface area contributed by atoms with Gasteiger partial charge in [0, 0.05) is 0 Å². The number of oxime groups is 1. The zero-order valence-corrected chi connectivity index (χ0v) is 6.50. The van der Waals surface area contributed by atoms with Gasteiger partial charge in [0.25, 0.3) is 0 Å². The maximum Gasteiger partial charge on any atom is 0.534 e. The van der Waals surface area contributed by atoms with Gasteiger partial charge in [-0.05, 0) is 25.7 Å². The Morgan fingerprint density at radius 1 is 1.45 bits per heavy atom. The highest BCUT2D eigenvalue weighted by molar-refractivity contribution is 5.86. The number of rotatable bonds is 1. The monoisotopic (exact) mass is 157 g/mol. The molecule has 0 atom stereocenters. The quantitative estimate of drug-likeness (QED) is 0.330. The lowest BCUT2D eigenvalue weighted by Crippen LogP contribution is -2.01. The topological polar surface area (TPSA) is 47.9 Å². The Kier molecular flexibility index (Phi) is 2.89. The highest BCUT2D eigenvalue weighted by Gasteiger charge is 2.09. The molecule has 0 heterocycles. The third-order valence-corrected chi connectivity index (χ3v) is 1.60. The van der Waals surface area contributed by atoms with Gasteiger partial charge in [-0.25, -0.2) is 4.79 Å². The van der Waals surface area contributed by atoms with Gasteiger partial charge in [0.2, 0.25) is 0 Å². The average Bonchev–Trinajstić information content (AvgIpc) is 2.52. The summed E-state index contributed by atoms with van der Waals surface area (Å²) in [7, 11) is 1.26. The van der Waals surface area contributed by atoms with Crippen molar-refractivity contribution in [2.24, 2.45) is 5.16 Å². The Labute approximate surface area is 65.2 Å².